The van der Waals surface area contributed by atoms with Crippen molar-refractivity contribution in [2.45, 2.75) is 18.2 Å². The van der Waals surface area contributed by atoms with E-state index in [1.165, 1.54) is 17.3 Å². The number of hydrogen-bond donors (Lipinski definition) is 2. The maximum Gasteiger partial charge on any atom is 0.189 e. The highest BCUT2D eigenvalue weighted by Crippen LogP contribution is 2.24. The smallest absolute Gasteiger partial charge is 0.189 e. The van der Waals surface area contributed by atoms with Crippen molar-refractivity contribution < 1.29 is 9.84 Å². The fraction of sp³-hybridized carbons (Fsp3) is 0.238. The lowest BCUT2D eigenvalue weighted by Gasteiger charge is -2.10. The van der Waals surface area contributed by atoms with Gasteiger partial charge in [-0.3, -0.25) is 0 Å². The van der Waals surface area contributed by atoms with E-state index in [4.69, 9.17) is 4.74 Å². The molecule has 0 unspecified atom stereocenters. The molecule has 0 saturated heterocycles. The zero-order valence-electron chi connectivity index (χ0n) is 15.5. The number of aliphatic hydroxyl groups is 1. The number of methoxy groups -OCH3 is 1. The molecule has 1 heterocycles. The molecule has 0 saturated carbocycles. The van der Waals surface area contributed by atoms with Crippen LogP contribution < -0.4 is 10.1 Å². The molecule has 140 valence electrons. The van der Waals surface area contributed by atoms with Crippen LogP contribution in [-0.2, 0) is 13.0 Å². The first-order chi connectivity index (χ1) is 13.2. The topological polar surface area (TPSA) is 67.3 Å². The Balaban J connectivity index is 1.72. The molecule has 0 amide bonds. The van der Waals surface area contributed by atoms with Crippen molar-refractivity contribution in [2.75, 3.05) is 25.2 Å². The van der Waals surface area contributed by atoms with E-state index in [1.54, 1.807) is 7.11 Å². The minimum Gasteiger partial charge on any atom is -0.497 e. The molecular weight excluding hydrogens is 358 g/mol. The average molecular weight is 382 g/mol. The van der Waals surface area contributed by atoms with E-state index in [0.29, 0.717) is 5.16 Å². The summed E-state index contributed by atoms with van der Waals surface area (Å²) >= 11 is 1.51. The predicted molar refractivity (Wildman–Crippen MR) is 110 cm³/mol. The summed E-state index contributed by atoms with van der Waals surface area (Å²) in [5.41, 5.74) is 3.91. The van der Waals surface area contributed by atoms with Gasteiger partial charge in [0.25, 0.3) is 0 Å². The predicted octanol–water partition coefficient (Wildman–Crippen LogP) is 4.02. The molecule has 0 aliphatic rings. The Bertz CT molecular complexity index is 885. The second kappa shape index (κ2) is 9.39. The lowest BCUT2D eigenvalue weighted by Crippen LogP contribution is -2.07. The Labute approximate surface area is 163 Å². The van der Waals surface area contributed by atoms with E-state index >= 15 is 0 Å². The van der Waals surface area contributed by atoms with E-state index in [9.17, 15) is 5.11 Å². The maximum atomic E-state index is 9.36. The average Bonchev–Trinajstić information content (AvgIpc) is 2.74. The number of thioether (sulfide) groups is 1. The summed E-state index contributed by atoms with van der Waals surface area (Å²) in [7, 11) is 1.67. The fourth-order valence-corrected chi connectivity index (χ4v) is 3.09. The highest BCUT2D eigenvalue weighted by Gasteiger charge is 2.07. The molecule has 1 aromatic heterocycles. The van der Waals surface area contributed by atoms with Crippen LogP contribution >= 0.6 is 11.8 Å². The Hall–Kier alpha value is -2.57. The summed E-state index contributed by atoms with van der Waals surface area (Å²) in [5.74, 6) is 1.66. The quantitative estimate of drug-likeness (QED) is 0.454. The molecule has 0 atom stereocenters. The fourth-order valence-electron chi connectivity index (χ4n) is 2.71. The van der Waals surface area contributed by atoms with Gasteiger partial charge in [-0.2, -0.15) is 0 Å². The van der Waals surface area contributed by atoms with Crippen molar-refractivity contribution >= 4 is 17.6 Å². The Morgan fingerprint density at radius 1 is 1.04 bits per heavy atom. The van der Waals surface area contributed by atoms with Crippen LogP contribution in [0.3, 0.4) is 0 Å². The molecule has 0 spiro atoms. The molecule has 0 aliphatic carbocycles. The number of rotatable bonds is 8. The molecule has 6 heteroatoms. The number of benzene rings is 2. The second-order valence-electron chi connectivity index (χ2n) is 6.01. The number of aliphatic hydroxyl groups excluding tert-OH is 1. The van der Waals surface area contributed by atoms with Gasteiger partial charge < -0.3 is 15.2 Å². The van der Waals surface area contributed by atoms with E-state index in [-0.39, 0.29) is 6.61 Å². The number of ether oxygens (including phenoxy) is 1. The van der Waals surface area contributed by atoms with E-state index in [1.807, 2.05) is 48.7 Å². The Morgan fingerprint density at radius 3 is 2.56 bits per heavy atom. The minimum absolute atomic E-state index is 0.0152. The Kier molecular flexibility index (Phi) is 6.68. The molecule has 0 radical (unpaired) electrons. The monoisotopic (exact) mass is 381 g/mol. The number of nitrogens with one attached hydrogen (secondary N) is 1. The van der Waals surface area contributed by atoms with E-state index in [2.05, 4.69) is 27.4 Å². The van der Waals surface area contributed by atoms with E-state index < -0.39 is 0 Å². The van der Waals surface area contributed by atoms with Crippen LogP contribution in [-0.4, -0.2) is 35.0 Å². The number of aromatic nitrogens is 2. The maximum absolute atomic E-state index is 9.36. The van der Waals surface area contributed by atoms with E-state index in [0.717, 1.165) is 41.4 Å². The molecule has 0 aliphatic heterocycles. The van der Waals surface area contributed by atoms with Gasteiger partial charge in [0, 0.05) is 18.2 Å². The van der Waals surface area contributed by atoms with Gasteiger partial charge in [-0.05, 0) is 42.0 Å². The zero-order valence-corrected chi connectivity index (χ0v) is 16.3. The van der Waals surface area contributed by atoms with Crippen LogP contribution in [0.2, 0.25) is 0 Å². The molecule has 0 fully saturated rings. The third-order valence-electron chi connectivity index (χ3n) is 4.17. The van der Waals surface area contributed by atoms with Crippen molar-refractivity contribution in [3.8, 4) is 17.0 Å². The molecule has 5 nitrogen and oxygen atoms in total. The third-order valence-corrected chi connectivity index (χ3v) is 4.72. The first-order valence-corrected chi connectivity index (χ1v) is 9.94. The zero-order chi connectivity index (χ0) is 19.1. The highest BCUT2D eigenvalue weighted by molar-refractivity contribution is 7.98. The molecule has 3 aromatic rings. The lowest BCUT2D eigenvalue weighted by atomic mass is 10.1. The SMILES string of the molecule is COc1ccc(CCNc2cc(-c3cccc(CO)c3)nc(SC)n2)cc1. The molecule has 2 N–H and O–H groups in total. The van der Waals surface area contributed by atoms with Crippen molar-refractivity contribution in [2.24, 2.45) is 0 Å². The molecular formula is C21H23N3O2S. The molecule has 27 heavy (non-hydrogen) atoms. The van der Waals surface area contributed by atoms with Crippen LogP contribution in [0, 0.1) is 0 Å². The summed E-state index contributed by atoms with van der Waals surface area (Å²) < 4.78 is 5.19. The van der Waals surface area contributed by atoms with Gasteiger partial charge in [-0.25, -0.2) is 9.97 Å². The van der Waals surface area contributed by atoms with Gasteiger partial charge in [0.15, 0.2) is 5.16 Å². The summed E-state index contributed by atoms with van der Waals surface area (Å²) in [6.45, 7) is 0.786. The Morgan fingerprint density at radius 2 is 1.85 bits per heavy atom. The number of hydrogen-bond acceptors (Lipinski definition) is 6. The molecule has 2 aromatic carbocycles. The van der Waals surface area contributed by atoms with Gasteiger partial charge in [0.05, 0.1) is 19.4 Å². The van der Waals surface area contributed by atoms with Gasteiger partial charge in [-0.15, -0.1) is 0 Å². The molecule has 0 bridgehead atoms. The van der Waals surface area contributed by atoms with Gasteiger partial charge >= 0.3 is 0 Å². The standard InChI is InChI=1S/C21H23N3O2S/c1-26-18-8-6-15(7-9-18)10-11-22-20-13-19(23-21(24-20)27-2)17-5-3-4-16(12-17)14-25/h3-9,12-13,25H,10-11,14H2,1-2H3,(H,22,23,24). The minimum atomic E-state index is 0.0152. The summed E-state index contributed by atoms with van der Waals surface area (Å²) in [6, 6.07) is 17.8. The normalized spacial score (nSPS) is 10.6. The number of anilines is 1. The van der Waals surface area contributed by atoms with Gasteiger partial charge in [0.1, 0.15) is 11.6 Å². The van der Waals surface area contributed by atoms with Gasteiger partial charge in [-0.1, -0.05) is 42.1 Å². The first kappa shape index (κ1) is 19.2. The summed E-state index contributed by atoms with van der Waals surface area (Å²) in [5, 5.41) is 13.5. The second-order valence-corrected chi connectivity index (χ2v) is 6.78. The summed E-state index contributed by atoms with van der Waals surface area (Å²) in [4.78, 5) is 9.15. The first-order valence-electron chi connectivity index (χ1n) is 8.72. The highest BCUT2D eigenvalue weighted by atomic mass is 32.2. The van der Waals surface area contributed by atoms with Crippen molar-refractivity contribution in [3.05, 3.63) is 65.7 Å². The van der Waals surface area contributed by atoms with Crippen LogP contribution in [0.1, 0.15) is 11.1 Å². The van der Waals surface area contributed by atoms with Crippen LogP contribution in [0.4, 0.5) is 5.82 Å². The number of nitrogens with zero attached hydrogens (tertiary/aromatic N) is 2. The molecule has 3 rings (SSSR count). The summed E-state index contributed by atoms with van der Waals surface area (Å²) in [6.07, 6.45) is 2.85. The van der Waals surface area contributed by atoms with Crippen LogP contribution in [0.5, 0.6) is 5.75 Å². The van der Waals surface area contributed by atoms with Crippen LogP contribution in [0.15, 0.2) is 59.8 Å². The third kappa shape index (κ3) is 5.21. The van der Waals surface area contributed by atoms with Gasteiger partial charge in [0.2, 0.25) is 0 Å². The van der Waals surface area contributed by atoms with Crippen molar-refractivity contribution in [3.63, 3.8) is 0 Å². The van der Waals surface area contributed by atoms with Crippen molar-refractivity contribution in [1.82, 2.24) is 9.97 Å². The lowest BCUT2D eigenvalue weighted by molar-refractivity contribution is 0.282. The van der Waals surface area contributed by atoms with Crippen molar-refractivity contribution in [1.29, 1.82) is 0 Å². The van der Waals surface area contributed by atoms with Crippen LogP contribution in [0.25, 0.3) is 11.3 Å². The largest absolute Gasteiger partial charge is 0.497 e.